The van der Waals surface area contributed by atoms with Gasteiger partial charge in [0, 0.05) is 29.9 Å². The second-order valence-corrected chi connectivity index (χ2v) is 10.4. The molecule has 0 spiro atoms. The number of hydrogen-bond donors (Lipinski definition) is 2. The van der Waals surface area contributed by atoms with E-state index in [4.69, 9.17) is 9.47 Å². The number of alkyl carbamates (subject to hydrolysis) is 1. The largest absolute Gasteiger partial charge is 0.455 e. The topological polar surface area (TPSA) is 114 Å². The number of benzene rings is 1. The Bertz CT molecular complexity index is 1460. The summed E-state index contributed by atoms with van der Waals surface area (Å²) in [5.41, 5.74) is 3.00. The van der Waals surface area contributed by atoms with Gasteiger partial charge in [0.25, 0.3) is 0 Å². The number of amides is 1. The van der Waals surface area contributed by atoms with E-state index < -0.39 is 11.7 Å². The average molecular weight is 514 g/mol. The van der Waals surface area contributed by atoms with Gasteiger partial charge in [-0.1, -0.05) is 0 Å². The normalized spacial score (nSPS) is 13.7. The highest BCUT2D eigenvalue weighted by molar-refractivity contribution is 5.92. The van der Waals surface area contributed by atoms with Gasteiger partial charge in [-0.3, -0.25) is 4.98 Å². The minimum atomic E-state index is -0.527. The molecule has 10 heteroatoms. The van der Waals surface area contributed by atoms with Gasteiger partial charge < -0.3 is 25.0 Å². The van der Waals surface area contributed by atoms with Crippen LogP contribution in [0, 0.1) is 13.8 Å². The number of aromatic nitrogens is 4. The molecule has 1 fully saturated rings. The number of carbonyl (C=O) groups is 1. The van der Waals surface area contributed by atoms with Crippen molar-refractivity contribution in [1.82, 2.24) is 25.3 Å². The second-order valence-electron chi connectivity index (χ2n) is 10.4. The molecule has 4 aromatic rings. The van der Waals surface area contributed by atoms with E-state index in [1.807, 2.05) is 71.0 Å². The number of fused-ring (bicyclic) bond motifs is 1. The van der Waals surface area contributed by atoms with Gasteiger partial charge in [-0.25, -0.2) is 19.7 Å². The Hall–Kier alpha value is -4.47. The summed E-state index contributed by atoms with van der Waals surface area (Å²) >= 11 is 0. The standard InChI is InChI=1S/C28H31N7O3/c1-17-10-19(7-9-24(17)37-21-8-6-18(2)29-12-21)33-26-22-11-25(30-13-23(22)31-16-32-26)35-14-20(15-35)34-27(36)38-28(3,4)5/h6-13,16,20H,14-15H2,1-5H3,(H,34,36)(H,31,32,33). The summed E-state index contributed by atoms with van der Waals surface area (Å²) in [4.78, 5) is 31.8. The lowest BCUT2D eigenvalue weighted by Gasteiger charge is -2.40. The smallest absolute Gasteiger partial charge is 0.407 e. The Balaban J connectivity index is 1.27. The molecule has 196 valence electrons. The molecule has 5 rings (SSSR count). The Morgan fingerprint density at radius 2 is 1.82 bits per heavy atom. The highest BCUT2D eigenvalue weighted by atomic mass is 16.6. The molecule has 1 saturated heterocycles. The highest BCUT2D eigenvalue weighted by Gasteiger charge is 2.31. The van der Waals surface area contributed by atoms with Crippen LogP contribution in [0.4, 0.5) is 22.1 Å². The molecule has 0 radical (unpaired) electrons. The quantitative estimate of drug-likeness (QED) is 0.355. The maximum Gasteiger partial charge on any atom is 0.407 e. The van der Waals surface area contributed by atoms with Crippen molar-refractivity contribution in [2.24, 2.45) is 0 Å². The lowest BCUT2D eigenvalue weighted by molar-refractivity contribution is 0.0496. The molecule has 4 heterocycles. The van der Waals surface area contributed by atoms with Gasteiger partial charge in [-0.2, -0.15) is 0 Å². The van der Waals surface area contributed by atoms with Crippen molar-refractivity contribution in [3.8, 4) is 11.5 Å². The lowest BCUT2D eigenvalue weighted by atomic mass is 10.1. The van der Waals surface area contributed by atoms with Crippen LogP contribution >= 0.6 is 0 Å². The molecular weight excluding hydrogens is 482 g/mol. The third-order valence-electron chi connectivity index (χ3n) is 5.98. The molecular formula is C28H31N7O3. The van der Waals surface area contributed by atoms with Crippen LogP contribution in [0.2, 0.25) is 0 Å². The number of pyridine rings is 2. The van der Waals surface area contributed by atoms with E-state index in [2.05, 4.69) is 35.5 Å². The van der Waals surface area contributed by atoms with Crippen molar-refractivity contribution < 1.29 is 14.3 Å². The fraction of sp³-hybridized carbons (Fsp3) is 0.321. The number of ether oxygens (including phenoxy) is 2. The first kappa shape index (κ1) is 25.2. The maximum absolute atomic E-state index is 12.0. The summed E-state index contributed by atoms with van der Waals surface area (Å²) in [7, 11) is 0. The molecule has 1 aliphatic rings. The Kier molecular flexibility index (Phi) is 6.71. The van der Waals surface area contributed by atoms with Crippen molar-refractivity contribution in [3.05, 3.63) is 66.4 Å². The van der Waals surface area contributed by atoms with Crippen LogP contribution in [-0.2, 0) is 4.74 Å². The molecule has 2 N–H and O–H groups in total. The summed E-state index contributed by atoms with van der Waals surface area (Å²) < 4.78 is 11.3. The summed E-state index contributed by atoms with van der Waals surface area (Å²) in [5, 5.41) is 7.16. The third kappa shape index (κ3) is 5.91. The molecule has 0 unspecified atom stereocenters. The van der Waals surface area contributed by atoms with Crippen LogP contribution in [0.3, 0.4) is 0 Å². The van der Waals surface area contributed by atoms with Gasteiger partial charge in [-0.05, 0) is 76.6 Å². The van der Waals surface area contributed by atoms with Crippen LogP contribution in [-0.4, -0.2) is 50.8 Å². The minimum absolute atomic E-state index is 0.00589. The third-order valence-corrected chi connectivity index (χ3v) is 5.98. The number of hydrogen-bond acceptors (Lipinski definition) is 9. The lowest BCUT2D eigenvalue weighted by Crippen LogP contribution is -2.60. The average Bonchev–Trinajstić information content (AvgIpc) is 2.83. The van der Waals surface area contributed by atoms with Gasteiger partial charge >= 0.3 is 6.09 Å². The minimum Gasteiger partial charge on any atom is -0.455 e. The molecule has 1 amide bonds. The van der Waals surface area contributed by atoms with E-state index in [0.29, 0.717) is 24.7 Å². The van der Waals surface area contributed by atoms with Gasteiger partial charge in [0.1, 0.15) is 35.1 Å². The van der Waals surface area contributed by atoms with Crippen molar-refractivity contribution >= 4 is 34.3 Å². The first-order chi connectivity index (χ1) is 18.1. The SMILES string of the molecule is Cc1ccc(Oc2ccc(Nc3ncnc4cnc(N5CC(NC(=O)OC(C)(C)C)C5)cc34)cc2C)cn1. The van der Waals surface area contributed by atoms with Crippen molar-refractivity contribution in [3.63, 3.8) is 0 Å². The van der Waals surface area contributed by atoms with E-state index in [-0.39, 0.29) is 6.04 Å². The van der Waals surface area contributed by atoms with Crippen LogP contribution in [0.25, 0.3) is 10.9 Å². The summed E-state index contributed by atoms with van der Waals surface area (Å²) in [5.74, 6) is 2.92. The summed E-state index contributed by atoms with van der Waals surface area (Å²) in [6.45, 7) is 10.8. The Morgan fingerprint density at radius 1 is 1.00 bits per heavy atom. The molecule has 0 aliphatic carbocycles. The van der Waals surface area contributed by atoms with E-state index >= 15 is 0 Å². The number of rotatable bonds is 6. The Labute approximate surface area is 221 Å². The summed E-state index contributed by atoms with van der Waals surface area (Å²) in [6, 6.07) is 11.7. The van der Waals surface area contributed by atoms with Crippen molar-refractivity contribution in [1.29, 1.82) is 0 Å². The van der Waals surface area contributed by atoms with E-state index in [9.17, 15) is 4.79 Å². The molecule has 3 aromatic heterocycles. The van der Waals surface area contributed by atoms with Gasteiger partial charge in [0.05, 0.1) is 24.0 Å². The Morgan fingerprint density at radius 3 is 2.53 bits per heavy atom. The maximum atomic E-state index is 12.0. The zero-order chi connectivity index (χ0) is 26.9. The van der Waals surface area contributed by atoms with E-state index in [0.717, 1.165) is 39.4 Å². The first-order valence-corrected chi connectivity index (χ1v) is 12.5. The van der Waals surface area contributed by atoms with E-state index in [1.54, 1.807) is 12.4 Å². The molecule has 1 aromatic carbocycles. The van der Waals surface area contributed by atoms with Crippen molar-refractivity contribution in [2.75, 3.05) is 23.3 Å². The molecule has 10 nitrogen and oxygen atoms in total. The summed E-state index contributed by atoms with van der Waals surface area (Å²) in [6.07, 6.45) is 4.57. The van der Waals surface area contributed by atoms with Crippen LogP contribution < -0.4 is 20.3 Å². The second kappa shape index (κ2) is 10.1. The predicted octanol–water partition coefficient (Wildman–Crippen LogP) is 5.29. The van der Waals surface area contributed by atoms with Crippen LogP contribution in [0.1, 0.15) is 32.0 Å². The highest BCUT2D eigenvalue weighted by Crippen LogP contribution is 2.31. The van der Waals surface area contributed by atoms with Crippen molar-refractivity contribution in [2.45, 2.75) is 46.3 Å². The van der Waals surface area contributed by atoms with Gasteiger partial charge in [-0.15, -0.1) is 0 Å². The number of anilines is 3. The molecule has 0 bridgehead atoms. The predicted molar refractivity (Wildman–Crippen MR) is 146 cm³/mol. The van der Waals surface area contributed by atoms with Gasteiger partial charge in [0.15, 0.2) is 0 Å². The first-order valence-electron chi connectivity index (χ1n) is 12.5. The number of nitrogens with one attached hydrogen (secondary N) is 2. The number of aryl methyl sites for hydroxylation is 2. The fourth-order valence-corrected chi connectivity index (χ4v) is 4.07. The zero-order valence-corrected chi connectivity index (χ0v) is 22.1. The molecule has 38 heavy (non-hydrogen) atoms. The number of carbonyl (C=O) groups excluding carboxylic acids is 1. The molecule has 0 atom stereocenters. The van der Waals surface area contributed by atoms with E-state index in [1.165, 1.54) is 6.33 Å². The molecule has 0 saturated carbocycles. The number of nitrogens with zero attached hydrogens (tertiary/aromatic N) is 5. The monoisotopic (exact) mass is 513 g/mol. The van der Waals surface area contributed by atoms with Crippen LogP contribution in [0.15, 0.2) is 55.1 Å². The zero-order valence-electron chi connectivity index (χ0n) is 22.1. The van der Waals surface area contributed by atoms with Crippen LogP contribution in [0.5, 0.6) is 11.5 Å². The molecule has 1 aliphatic heterocycles. The fourth-order valence-electron chi connectivity index (χ4n) is 4.07. The van der Waals surface area contributed by atoms with Gasteiger partial charge in [0.2, 0.25) is 0 Å².